The van der Waals surface area contributed by atoms with Crippen LogP contribution in [0.5, 0.6) is 5.75 Å². The Morgan fingerprint density at radius 2 is 1.65 bits per heavy atom. The van der Waals surface area contributed by atoms with E-state index in [1.807, 2.05) is 27.7 Å². The van der Waals surface area contributed by atoms with E-state index in [9.17, 15) is 9.59 Å². The summed E-state index contributed by atoms with van der Waals surface area (Å²) < 4.78 is 5.73. The van der Waals surface area contributed by atoms with Crippen LogP contribution in [-0.2, 0) is 16.1 Å². The van der Waals surface area contributed by atoms with Crippen molar-refractivity contribution in [1.29, 1.82) is 0 Å². The molecule has 0 heterocycles. The lowest BCUT2D eigenvalue weighted by atomic mass is 10.1. The van der Waals surface area contributed by atoms with E-state index in [4.69, 9.17) is 39.5 Å². The van der Waals surface area contributed by atoms with Crippen molar-refractivity contribution in [2.75, 3.05) is 6.61 Å². The number of carbonyl (C=O) groups excluding carboxylic acids is 2. The Morgan fingerprint density at radius 1 is 1.03 bits per heavy atom. The molecule has 0 unspecified atom stereocenters. The fourth-order valence-corrected chi connectivity index (χ4v) is 3.62. The standard InChI is InChI=1S/C23H27Cl3N2O3/c1-13(2)27-23(30)16(5)28(11-17-6-7-18(24)10-20(17)25)21(29)12-31-19-8-14(3)22(26)15(4)9-19/h6-10,13,16H,11-12H2,1-5H3,(H,27,30)/t16-/m1/s1. The molecule has 0 aromatic heterocycles. The lowest BCUT2D eigenvalue weighted by Gasteiger charge is -2.29. The van der Waals surface area contributed by atoms with E-state index in [0.717, 1.165) is 11.1 Å². The van der Waals surface area contributed by atoms with Gasteiger partial charge in [0.05, 0.1) is 0 Å². The van der Waals surface area contributed by atoms with Crippen molar-refractivity contribution < 1.29 is 14.3 Å². The third-order valence-corrected chi connectivity index (χ3v) is 5.91. The van der Waals surface area contributed by atoms with Crippen molar-refractivity contribution in [1.82, 2.24) is 10.2 Å². The summed E-state index contributed by atoms with van der Waals surface area (Å²) in [4.78, 5) is 27.2. The third kappa shape index (κ3) is 7.03. The zero-order valence-corrected chi connectivity index (χ0v) is 20.5. The summed E-state index contributed by atoms with van der Waals surface area (Å²) in [5.41, 5.74) is 2.40. The van der Waals surface area contributed by atoms with Crippen molar-refractivity contribution in [3.63, 3.8) is 0 Å². The van der Waals surface area contributed by atoms with Gasteiger partial charge in [0.15, 0.2) is 6.61 Å². The minimum atomic E-state index is -0.723. The number of benzene rings is 2. The molecular weight excluding hydrogens is 459 g/mol. The number of rotatable bonds is 8. The summed E-state index contributed by atoms with van der Waals surface area (Å²) in [6.45, 7) is 9.06. The first-order valence-electron chi connectivity index (χ1n) is 9.93. The Kier molecular flexibility index (Phi) is 9.04. The number of aryl methyl sites for hydroxylation is 2. The Balaban J connectivity index is 2.23. The van der Waals surface area contributed by atoms with Crippen molar-refractivity contribution in [2.45, 2.75) is 53.2 Å². The molecule has 2 aromatic carbocycles. The van der Waals surface area contributed by atoms with Gasteiger partial charge in [-0.1, -0.05) is 40.9 Å². The highest BCUT2D eigenvalue weighted by molar-refractivity contribution is 6.35. The summed E-state index contributed by atoms with van der Waals surface area (Å²) in [6, 6.07) is 7.82. The van der Waals surface area contributed by atoms with Crippen LogP contribution in [-0.4, -0.2) is 35.4 Å². The van der Waals surface area contributed by atoms with Crippen molar-refractivity contribution in [2.24, 2.45) is 0 Å². The third-order valence-electron chi connectivity index (χ3n) is 4.73. The van der Waals surface area contributed by atoms with E-state index in [1.54, 1.807) is 37.3 Å². The largest absolute Gasteiger partial charge is 0.484 e. The molecule has 0 bridgehead atoms. The molecule has 1 atom stereocenters. The molecule has 2 rings (SSSR count). The molecule has 0 aliphatic rings. The first-order valence-corrected chi connectivity index (χ1v) is 11.1. The Bertz CT molecular complexity index is 940. The number of carbonyl (C=O) groups is 2. The molecule has 8 heteroatoms. The maximum absolute atomic E-state index is 13.1. The van der Waals surface area contributed by atoms with E-state index in [-0.39, 0.29) is 31.0 Å². The topological polar surface area (TPSA) is 58.6 Å². The van der Waals surface area contributed by atoms with Crippen molar-refractivity contribution >= 4 is 46.6 Å². The molecule has 0 radical (unpaired) electrons. The molecule has 2 aromatic rings. The molecule has 2 amide bonds. The second-order valence-corrected chi connectivity index (χ2v) is 8.98. The predicted octanol–water partition coefficient (Wildman–Crippen LogP) is 5.58. The van der Waals surface area contributed by atoms with Crippen LogP contribution in [0.3, 0.4) is 0 Å². The monoisotopic (exact) mass is 484 g/mol. The first kappa shape index (κ1) is 25.3. The number of amides is 2. The van der Waals surface area contributed by atoms with E-state index < -0.39 is 6.04 Å². The summed E-state index contributed by atoms with van der Waals surface area (Å²) in [6.07, 6.45) is 0. The lowest BCUT2D eigenvalue weighted by Crippen LogP contribution is -2.50. The maximum atomic E-state index is 13.1. The number of ether oxygens (including phenoxy) is 1. The fourth-order valence-electron chi connectivity index (χ4n) is 3.04. The van der Waals surface area contributed by atoms with Crippen LogP contribution < -0.4 is 10.1 Å². The SMILES string of the molecule is Cc1cc(OCC(=O)N(Cc2ccc(Cl)cc2Cl)[C@H](C)C(=O)NC(C)C)cc(C)c1Cl. The second kappa shape index (κ2) is 11.1. The highest BCUT2D eigenvalue weighted by Gasteiger charge is 2.27. The number of hydrogen-bond acceptors (Lipinski definition) is 3. The van der Waals surface area contributed by atoms with Crippen molar-refractivity contribution in [3.8, 4) is 5.75 Å². The Morgan fingerprint density at radius 3 is 2.19 bits per heavy atom. The van der Waals surface area contributed by atoms with Gasteiger partial charge in [-0.3, -0.25) is 9.59 Å². The van der Waals surface area contributed by atoms with Gasteiger partial charge in [0.2, 0.25) is 5.91 Å². The molecule has 0 aliphatic heterocycles. The normalized spacial score (nSPS) is 11.9. The van der Waals surface area contributed by atoms with Crippen LogP contribution in [0.4, 0.5) is 0 Å². The molecule has 5 nitrogen and oxygen atoms in total. The maximum Gasteiger partial charge on any atom is 0.261 e. The summed E-state index contributed by atoms with van der Waals surface area (Å²) in [7, 11) is 0. The first-order chi connectivity index (χ1) is 14.5. The molecule has 0 spiro atoms. The van der Waals surface area contributed by atoms with Gasteiger partial charge in [0, 0.05) is 27.7 Å². The van der Waals surface area contributed by atoms with Gasteiger partial charge in [-0.25, -0.2) is 0 Å². The average Bonchev–Trinajstić information content (AvgIpc) is 2.68. The molecule has 31 heavy (non-hydrogen) atoms. The highest BCUT2D eigenvalue weighted by atomic mass is 35.5. The summed E-state index contributed by atoms with van der Waals surface area (Å²) in [5, 5.41) is 4.42. The van der Waals surface area contributed by atoms with Gasteiger partial charge in [0.1, 0.15) is 11.8 Å². The van der Waals surface area contributed by atoms with Crippen LogP contribution >= 0.6 is 34.8 Å². The van der Waals surface area contributed by atoms with Gasteiger partial charge >= 0.3 is 0 Å². The number of halogens is 3. The van der Waals surface area contributed by atoms with Crippen LogP contribution in [0.1, 0.15) is 37.5 Å². The summed E-state index contributed by atoms with van der Waals surface area (Å²) >= 11 is 18.5. The molecule has 0 saturated carbocycles. The van der Waals surface area contributed by atoms with Crippen LogP contribution in [0.2, 0.25) is 15.1 Å². The predicted molar refractivity (Wildman–Crippen MR) is 126 cm³/mol. The smallest absolute Gasteiger partial charge is 0.261 e. The van der Waals surface area contributed by atoms with Gasteiger partial charge in [0.25, 0.3) is 5.91 Å². The van der Waals surface area contributed by atoms with Gasteiger partial charge < -0.3 is 15.0 Å². The van der Waals surface area contributed by atoms with Crippen LogP contribution in [0.15, 0.2) is 30.3 Å². The quantitative estimate of drug-likeness (QED) is 0.531. The van der Waals surface area contributed by atoms with Crippen LogP contribution in [0.25, 0.3) is 0 Å². The zero-order valence-electron chi connectivity index (χ0n) is 18.3. The molecule has 0 fully saturated rings. The van der Waals surface area contributed by atoms with E-state index in [1.165, 1.54) is 4.90 Å². The van der Waals surface area contributed by atoms with Crippen molar-refractivity contribution in [3.05, 3.63) is 62.1 Å². The average molecular weight is 486 g/mol. The highest BCUT2D eigenvalue weighted by Crippen LogP contribution is 2.26. The zero-order chi connectivity index (χ0) is 23.3. The number of hydrogen-bond donors (Lipinski definition) is 1. The van der Waals surface area contributed by atoms with Crippen LogP contribution in [0, 0.1) is 13.8 Å². The fraction of sp³-hybridized carbons (Fsp3) is 0.391. The van der Waals surface area contributed by atoms with Gasteiger partial charge in [-0.2, -0.15) is 0 Å². The molecule has 1 N–H and O–H groups in total. The van der Waals surface area contributed by atoms with E-state index in [2.05, 4.69) is 5.32 Å². The summed E-state index contributed by atoms with van der Waals surface area (Å²) in [5.74, 6) is -0.0641. The van der Waals surface area contributed by atoms with Gasteiger partial charge in [-0.05, 0) is 75.6 Å². The molecule has 168 valence electrons. The number of nitrogens with one attached hydrogen (secondary N) is 1. The Hall–Kier alpha value is -1.95. The minimum absolute atomic E-state index is 0.0534. The molecule has 0 saturated heterocycles. The van der Waals surface area contributed by atoms with E-state index in [0.29, 0.717) is 26.4 Å². The lowest BCUT2D eigenvalue weighted by molar-refractivity contribution is -0.142. The molecular formula is C23H27Cl3N2O3. The minimum Gasteiger partial charge on any atom is -0.484 e. The second-order valence-electron chi connectivity index (χ2n) is 7.76. The molecule has 0 aliphatic carbocycles. The Labute approximate surface area is 198 Å². The van der Waals surface area contributed by atoms with Gasteiger partial charge in [-0.15, -0.1) is 0 Å². The number of nitrogens with zero attached hydrogens (tertiary/aromatic N) is 1. The van der Waals surface area contributed by atoms with E-state index >= 15 is 0 Å².